The fourth-order valence-corrected chi connectivity index (χ4v) is 1.70. The van der Waals surface area contributed by atoms with Crippen LogP contribution in [0.25, 0.3) is 0 Å². The molecule has 0 radical (unpaired) electrons. The Hall–Kier alpha value is -0.940. The van der Waals surface area contributed by atoms with E-state index >= 15 is 0 Å². The summed E-state index contributed by atoms with van der Waals surface area (Å²) in [6.07, 6.45) is 0.512. The van der Waals surface area contributed by atoms with Crippen molar-refractivity contribution in [2.75, 3.05) is 59.0 Å². The molecule has 0 saturated carbocycles. The van der Waals surface area contributed by atoms with Crippen molar-refractivity contribution in [3.63, 3.8) is 0 Å². The van der Waals surface area contributed by atoms with E-state index in [0.717, 1.165) is 6.26 Å². The van der Waals surface area contributed by atoms with Crippen molar-refractivity contribution in [3.05, 3.63) is 0 Å². The second kappa shape index (κ2) is 12.4. The highest BCUT2D eigenvalue weighted by Gasteiger charge is 2.15. The van der Waals surface area contributed by atoms with Gasteiger partial charge in [0.25, 0.3) is 10.1 Å². The van der Waals surface area contributed by atoms with Gasteiger partial charge in [-0.3, -0.25) is 4.18 Å². The number of alkyl carbamates (subject to hydrolysis) is 1. The third-order valence-electron chi connectivity index (χ3n) is 2.18. The van der Waals surface area contributed by atoms with Gasteiger partial charge in [0.2, 0.25) is 0 Å². The molecule has 0 heterocycles. The van der Waals surface area contributed by atoms with Gasteiger partial charge in [0.15, 0.2) is 0 Å². The number of carbonyl (C=O) groups excluding carboxylic acids is 1. The van der Waals surface area contributed by atoms with E-state index in [9.17, 15) is 13.2 Å². The first-order chi connectivity index (χ1) is 11.1. The smallest absolute Gasteiger partial charge is 0.407 e. The Labute approximate surface area is 144 Å². The molecule has 0 fully saturated rings. The van der Waals surface area contributed by atoms with Gasteiger partial charge in [0, 0.05) is 6.54 Å². The molecule has 0 spiro atoms. The van der Waals surface area contributed by atoms with Crippen LogP contribution in [0.4, 0.5) is 4.79 Å². The molecule has 0 aliphatic heterocycles. The van der Waals surface area contributed by atoms with Crippen LogP contribution in [0.1, 0.15) is 20.8 Å². The molecule has 0 aromatic rings. The van der Waals surface area contributed by atoms with Crippen molar-refractivity contribution < 1.29 is 36.3 Å². The summed E-state index contributed by atoms with van der Waals surface area (Å²) < 4.78 is 46.6. The lowest BCUT2D eigenvalue weighted by Crippen LogP contribution is -2.34. The molecule has 144 valence electrons. The Kier molecular flexibility index (Phi) is 11.9. The van der Waals surface area contributed by atoms with Crippen molar-refractivity contribution in [2.24, 2.45) is 0 Å². The van der Waals surface area contributed by atoms with Gasteiger partial charge in [0.05, 0.1) is 52.5 Å². The van der Waals surface area contributed by atoms with E-state index in [1.165, 1.54) is 0 Å². The monoisotopic (exact) mass is 371 g/mol. The van der Waals surface area contributed by atoms with Gasteiger partial charge in [-0.25, -0.2) is 4.79 Å². The lowest BCUT2D eigenvalue weighted by Gasteiger charge is -2.19. The first kappa shape index (κ1) is 23.1. The van der Waals surface area contributed by atoms with Crippen LogP contribution < -0.4 is 5.32 Å². The quantitative estimate of drug-likeness (QED) is 0.369. The van der Waals surface area contributed by atoms with Gasteiger partial charge >= 0.3 is 6.09 Å². The highest BCUT2D eigenvalue weighted by molar-refractivity contribution is 7.85. The number of hydrogen-bond acceptors (Lipinski definition) is 8. The summed E-state index contributed by atoms with van der Waals surface area (Å²) in [7, 11) is -3.41. The predicted octanol–water partition coefficient (Wildman–Crippen LogP) is 0.537. The molecule has 24 heavy (non-hydrogen) atoms. The van der Waals surface area contributed by atoms with Crippen molar-refractivity contribution in [1.82, 2.24) is 5.32 Å². The second-order valence-corrected chi connectivity index (χ2v) is 7.44. The van der Waals surface area contributed by atoms with E-state index in [-0.39, 0.29) is 13.2 Å². The SMILES string of the molecule is CC(C)(C)OC(=O)NCCOCCOCCOCCOS(C)(=O)=O. The maximum Gasteiger partial charge on any atom is 0.407 e. The summed E-state index contributed by atoms with van der Waals surface area (Å²) in [6.45, 7) is 7.79. The van der Waals surface area contributed by atoms with E-state index in [1.807, 2.05) is 0 Å². The molecule has 9 nitrogen and oxygen atoms in total. The molecule has 0 saturated heterocycles. The van der Waals surface area contributed by atoms with Crippen LogP contribution in [0.2, 0.25) is 0 Å². The molecule has 0 bridgehead atoms. The van der Waals surface area contributed by atoms with Crippen LogP contribution in [0, 0.1) is 0 Å². The summed E-state index contributed by atoms with van der Waals surface area (Å²) in [6, 6.07) is 0. The molecule has 0 aliphatic carbocycles. The van der Waals surface area contributed by atoms with Crippen molar-refractivity contribution >= 4 is 16.2 Å². The summed E-state index contributed by atoms with van der Waals surface area (Å²) in [5.41, 5.74) is -0.516. The third kappa shape index (κ3) is 19.1. The van der Waals surface area contributed by atoms with Gasteiger partial charge in [0.1, 0.15) is 5.60 Å². The van der Waals surface area contributed by atoms with Crippen LogP contribution in [-0.2, 0) is 33.2 Å². The van der Waals surface area contributed by atoms with E-state index in [0.29, 0.717) is 39.6 Å². The zero-order chi connectivity index (χ0) is 18.5. The minimum absolute atomic E-state index is 0.00735. The first-order valence-electron chi connectivity index (χ1n) is 7.64. The Morgan fingerprint density at radius 1 is 0.875 bits per heavy atom. The average Bonchev–Trinajstić information content (AvgIpc) is 2.40. The Morgan fingerprint density at radius 2 is 1.33 bits per heavy atom. The van der Waals surface area contributed by atoms with Gasteiger partial charge in [-0.05, 0) is 20.8 Å². The zero-order valence-corrected chi connectivity index (χ0v) is 15.6. The lowest BCUT2D eigenvalue weighted by molar-refractivity contribution is 0.00944. The molecule has 0 aromatic heterocycles. The molecule has 0 aliphatic rings. The first-order valence-corrected chi connectivity index (χ1v) is 9.46. The normalized spacial score (nSPS) is 12.2. The second-order valence-electron chi connectivity index (χ2n) is 5.79. The molecule has 1 N–H and O–H groups in total. The highest BCUT2D eigenvalue weighted by atomic mass is 32.2. The van der Waals surface area contributed by atoms with Gasteiger partial charge in [-0.1, -0.05) is 0 Å². The third-order valence-corrected chi connectivity index (χ3v) is 2.78. The maximum absolute atomic E-state index is 11.3. The standard InChI is InChI=1S/C14H29NO8S/c1-14(2,3)23-13(16)15-5-6-19-7-8-20-9-10-21-11-12-22-24(4,17)18/h5-12H2,1-4H3,(H,15,16). The van der Waals surface area contributed by atoms with Crippen LogP contribution >= 0.6 is 0 Å². The number of nitrogens with one attached hydrogen (secondary N) is 1. The molecule has 0 atom stereocenters. The average molecular weight is 371 g/mol. The molecule has 10 heteroatoms. The van der Waals surface area contributed by atoms with Gasteiger partial charge in [-0.2, -0.15) is 8.42 Å². The van der Waals surface area contributed by atoms with Crippen LogP contribution in [0.5, 0.6) is 0 Å². The highest BCUT2D eigenvalue weighted by Crippen LogP contribution is 2.05. The number of amides is 1. The lowest BCUT2D eigenvalue weighted by atomic mass is 10.2. The summed E-state index contributed by atoms with van der Waals surface area (Å²) in [4.78, 5) is 11.3. The van der Waals surface area contributed by atoms with E-state index < -0.39 is 21.8 Å². The van der Waals surface area contributed by atoms with Crippen LogP contribution in [-0.4, -0.2) is 79.2 Å². The zero-order valence-electron chi connectivity index (χ0n) is 14.8. The fraction of sp³-hybridized carbons (Fsp3) is 0.929. The number of hydrogen-bond donors (Lipinski definition) is 1. The van der Waals surface area contributed by atoms with Crippen LogP contribution in [0.3, 0.4) is 0 Å². The topological polar surface area (TPSA) is 109 Å². The van der Waals surface area contributed by atoms with Crippen molar-refractivity contribution in [1.29, 1.82) is 0 Å². The minimum atomic E-state index is -3.41. The van der Waals surface area contributed by atoms with Crippen molar-refractivity contribution in [2.45, 2.75) is 26.4 Å². The molecule has 1 amide bonds. The van der Waals surface area contributed by atoms with Gasteiger partial charge < -0.3 is 24.3 Å². The van der Waals surface area contributed by atoms with E-state index in [1.54, 1.807) is 20.8 Å². The number of carbonyl (C=O) groups is 1. The molecule has 0 unspecified atom stereocenters. The predicted molar refractivity (Wildman–Crippen MR) is 87.5 cm³/mol. The van der Waals surface area contributed by atoms with Crippen molar-refractivity contribution in [3.8, 4) is 0 Å². The van der Waals surface area contributed by atoms with Gasteiger partial charge in [-0.15, -0.1) is 0 Å². The minimum Gasteiger partial charge on any atom is -0.444 e. The molecular weight excluding hydrogens is 342 g/mol. The molecule has 0 rings (SSSR count). The number of ether oxygens (including phenoxy) is 4. The van der Waals surface area contributed by atoms with E-state index in [2.05, 4.69) is 9.50 Å². The Morgan fingerprint density at radius 3 is 1.79 bits per heavy atom. The summed E-state index contributed by atoms with van der Waals surface area (Å²) >= 11 is 0. The molecular formula is C14H29NO8S. The Bertz CT molecular complexity index is 433. The van der Waals surface area contributed by atoms with Crippen LogP contribution in [0.15, 0.2) is 0 Å². The molecule has 0 aromatic carbocycles. The summed E-state index contributed by atoms with van der Waals surface area (Å²) in [5.74, 6) is 0. The Balaban J connectivity index is 3.25. The number of rotatable bonds is 13. The van der Waals surface area contributed by atoms with E-state index in [4.69, 9.17) is 18.9 Å². The summed E-state index contributed by atoms with van der Waals surface area (Å²) in [5, 5.41) is 2.58. The largest absolute Gasteiger partial charge is 0.444 e. The fourth-order valence-electron chi connectivity index (χ4n) is 1.33. The maximum atomic E-state index is 11.3.